The molecular weight excluding hydrogens is 530 g/mol. The zero-order valence-electron chi connectivity index (χ0n) is 22.0. The fourth-order valence-corrected chi connectivity index (χ4v) is 5.24. The van der Waals surface area contributed by atoms with Crippen molar-refractivity contribution in [1.82, 2.24) is 24.6 Å². The standard InChI is InChI=1S/C25H32ClN7O4S/c1-14(2)38(34,35)24-20(13-33(5)31-24)28-23-18(26)10-27-25(30-23)29-19-8-15(3)21(37-17-11-32(4)12-17)9-22(19)36-16-6-7-16/h8-10,13-14,16-17H,6-7,11-12H2,1-5H3,(H2,27,28,29,30). The molecule has 1 saturated heterocycles. The molecule has 5 rings (SSSR count). The number of aromatic nitrogens is 4. The highest BCUT2D eigenvalue weighted by molar-refractivity contribution is 7.92. The van der Waals surface area contributed by atoms with Gasteiger partial charge in [-0.1, -0.05) is 11.6 Å². The second-order valence-electron chi connectivity index (χ2n) is 10.1. The highest BCUT2D eigenvalue weighted by atomic mass is 35.5. The van der Waals surface area contributed by atoms with Crippen LogP contribution in [0.25, 0.3) is 0 Å². The van der Waals surface area contributed by atoms with E-state index in [2.05, 4.69) is 37.6 Å². The maximum atomic E-state index is 12.8. The van der Waals surface area contributed by atoms with Crippen LogP contribution in [0.3, 0.4) is 0 Å². The summed E-state index contributed by atoms with van der Waals surface area (Å²) in [6.45, 7) is 6.99. The van der Waals surface area contributed by atoms with Gasteiger partial charge in [-0.25, -0.2) is 13.4 Å². The molecule has 0 atom stereocenters. The van der Waals surface area contributed by atoms with Crippen molar-refractivity contribution >= 4 is 44.6 Å². The number of likely N-dealkylation sites (tertiary alicyclic amines) is 1. The zero-order valence-corrected chi connectivity index (χ0v) is 23.6. The Labute approximate surface area is 227 Å². The van der Waals surface area contributed by atoms with Crippen LogP contribution in [0.15, 0.2) is 29.6 Å². The lowest BCUT2D eigenvalue weighted by Crippen LogP contribution is -2.51. The maximum absolute atomic E-state index is 12.8. The van der Waals surface area contributed by atoms with E-state index in [1.807, 2.05) is 19.1 Å². The molecule has 0 radical (unpaired) electrons. The van der Waals surface area contributed by atoms with E-state index in [-0.39, 0.29) is 39.7 Å². The third-order valence-electron chi connectivity index (χ3n) is 6.35. The SMILES string of the molecule is Cc1cc(Nc2ncc(Cl)c(Nc3cn(C)nc3S(=O)(=O)C(C)C)n2)c(OC2CC2)cc1OC1CN(C)C1. The lowest BCUT2D eigenvalue weighted by molar-refractivity contribution is 0.0382. The summed E-state index contributed by atoms with van der Waals surface area (Å²) in [6, 6.07) is 3.87. The van der Waals surface area contributed by atoms with E-state index < -0.39 is 15.1 Å². The summed E-state index contributed by atoms with van der Waals surface area (Å²) in [4.78, 5) is 11.0. The quantitative estimate of drug-likeness (QED) is 0.374. The minimum absolute atomic E-state index is 0.0665. The van der Waals surface area contributed by atoms with E-state index in [0.29, 0.717) is 11.4 Å². The Balaban J connectivity index is 1.41. The predicted molar refractivity (Wildman–Crippen MR) is 146 cm³/mol. The molecule has 0 unspecified atom stereocenters. The number of hydrogen-bond acceptors (Lipinski definition) is 10. The van der Waals surface area contributed by atoms with Crippen LogP contribution in [0, 0.1) is 6.92 Å². The van der Waals surface area contributed by atoms with Gasteiger partial charge in [0.2, 0.25) is 20.8 Å². The van der Waals surface area contributed by atoms with Gasteiger partial charge < -0.3 is 20.1 Å². The van der Waals surface area contributed by atoms with Crippen LogP contribution in [-0.2, 0) is 16.9 Å². The molecule has 1 aliphatic carbocycles. The molecule has 0 spiro atoms. The number of anilines is 4. The van der Waals surface area contributed by atoms with Gasteiger partial charge >= 0.3 is 0 Å². The molecule has 0 bridgehead atoms. The molecule has 1 saturated carbocycles. The fraction of sp³-hybridized carbons (Fsp3) is 0.480. The zero-order chi connectivity index (χ0) is 27.2. The monoisotopic (exact) mass is 561 g/mol. The molecule has 3 aromatic rings. The summed E-state index contributed by atoms with van der Waals surface area (Å²) in [6.07, 6.45) is 5.38. The lowest BCUT2D eigenvalue weighted by atomic mass is 10.1. The Bertz CT molecular complexity index is 1450. The smallest absolute Gasteiger partial charge is 0.229 e. The van der Waals surface area contributed by atoms with E-state index in [1.165, 1.54) is 10.9 Å². The average Bonchev–Trinajstić information content (AvgIpc) is 3.57. The Morgan fingerprint density at radius 2 is 1.76 bits per heavy atom. The molecule has 3 heterocycles. The third-order valence-corrected chi connectivity index (χ3v) is 8.71. The normalized spacial score (nSPS) is 16.4. The van der Waals surface area contributed by atoms with Crippen molar-refractivity contribution in [3.63, 3.8) is 0 Å². The minimum Gasteiger partial charge on any atom is -0.488 e. The molecule has 11 nitrogen and oxygen atoms in total. The number of aryl methyl sites for hydroxylation is 2. The van der Waals surface area contributed by atoms with Crippen molar-refractivity contribution in [2.24, 2.45) is 7.05 Å². The van der Waals surface area contributed by atoms with Gasteiger partial charge in [0.15, 0.2) is 5.82 Å². The summed E-state index contributed by atoms with van der Waals surface area (Å²) in [5.41, 5.74) is 1.94. The molecule has 204 valence electrons. The van der Waals surface area contributed by atoms with Crippen LogP contribution in [0.1, 0.15) is 32.3 Å². The van der Waals surface area contributed by atoms with Crippen molar-refractivity contribution in [3.05, 3.63) is 35.1 Å². The number of hydrogen-bond donors (Lipinski definition) is 2. The Morgan fingerprint density at radius 3 is 2.42 bits per heavy atom. The number of sulfone groups is 1. The van der Waals surface area contributed by atoms with E-state index >= 15 is 0 Å². The second-order valence-corrected chi connectivity index (χ2v) is 13.0. The molecule has 1 aliphatic heterocycles. The molecule has 1 aromatic carbocycles. The largest absolute Gasteiger partial charge is 0.488 e. The highest BCUT2D eigenvalue weighted by Gasteiger charge is 2.29. The summed E-state index contributed by atoms with van der Waals surface area (Å²) >= 11 is 6.38. The summed E-state index contributed by atoms with van der Waals surface area (Å²) in [7, 11) is 0.0809. The van der Waals surface area contributed by atoms with E-state index in [1.54, 1.807) is 27.1 Å². The Kier molecular flexibility index (Phi) is 7.14. The number of nitrogens with one attached hydrogen (secondary N) is 2. The second kappa shape index (κ2) is 10.2. The lowest BCUT2D eigenvalue weighted by Gasteiger charge is -2.36. The van der Waals surface area contributed by atoms with Gasteiger partial charge in [-0.3, -0.25) is 9.58 Å². The average molecular weight is 562 g/mol. The van der Waals surface area contributed by atoms with Crippen LogP contribution >= 0.6 is 11.6 Å². The van der Waals surface area contributed by atoms with Crippen molar-refractivity contribution in [1.29, 1.82) is 0 Å². The van der Waals surface area contributed by atoms with Crippen LogP contribution in [0.4, 0.5) is 23.1 Å². The first-order chi connectivity index (χ1) is 18.0. The predicted octanol–water partition coefficient (Wildman–Crippen LogP) is 4.08. The summed E-state index contributed by atoms with van der Waals surface area (Å²) < 4.78 is 39.5. The third kappa shape index (κ3) is 5.67. The van der Waals surface area contributed by atoms with Crippen molar-refractivity contribution in [2.75, 3.05) is 30.8 Å². The van der Waals surface area contributed by atoms with Gasteiger partial charge in [-0.05, 0) is 52.3 Å². The van der Waals surface area contributed by atoms with E-state index in [9.17, 15) is 8.42 Å². The molecule has 0 amide bonds. The maximum Gasteiger partial charge on any atom is 0.229 e. The van der Waals surface area contributed by atoms with Crippen LogP contribution in [0.2, 0.25) is 5.02 Å². The van der Waals surface area contributed by atoms with Crippen molar-refractivity contribution < 1.29 is 17.9 Å². The van der Waals surface area contributed by atoms with Crippen molar-refractivity contribution in [2.45, 2.75) is 56.1 Å². The number of likely N-dealkylation sites (N-methyl/N-ethyl adjacent to an activating group) is 1. The van der Waals surface area contributed by atoms with Gasteiger partial charge in [0.1, 0.15) is 22.6 Å². The summed E-state index contributed by atoms with van der Waals surface area (Å²) in [5.74, 6) is 1.96. The van der Waals surface area contributed by atoms with E-state index in [4.69, 9.17) is 21.1 Å². The van der Waals surface area contributed by atoms with Gasteiger partial charge in [0.05, 0.1) is 28.9 Å². The first-order valence-electron chi connectivity index (χ1n) is 12.5. The van der Waals surface area contributed by atoms with Crippen molar-refractivity contribution in [3.8, 4) is 11.5 Å². The molecule has 13 heteroatoms. The molecule has 2 aromatic heterocycles. The van der Waals surface area contributed by atoms with Gasteiger partial charge in [-0.2, -0.15) is 10.1 Å². The number of benzene rings is 1. The van der Waals surface area contributed by atoms with Gasteiger partial charge in [0.25, 0.3) is 0 Å². The van der Waals surface area contributed by atoms with Crippen LogP contribution < -0.4 is 20.1 Å². The first-order valence-corrected chi connectivity index (χ1v) is 14.4. The first kappa shape index (κ1) is 26.5. The molecule has 2 aliphatic rings. The molecule has 38 heavy (non-hydrogen) atoms. The number of nitrogens with zero attached hydrogens (tertiary/aromatic N) is 5. The number of rotatable bonds is 10. The van der Waals surface area contributed by atoms with E-state index in [0.717, 1.165) is 37.2 Å². The molecular formula is C25H32ClN7O4S. The topological polar surface area (TPSA) is 124 Å². The molecule has 2 fully saturated rings. The fourth-order valence-electron chi connectivity index (χ4n) is 4.00. The summed E-state index contributed by atoms with van der Waals surface area (Å²) in [5, 5.41) is 9.93. The van der Waals surface area contributed by atoms with Gasteiger partial charge in [0, 0.05) is 32.4 Å². The Morgan fingerprint density at radius 1 is 1.05 bits per heavy atom. The minimum atomic E-state index is -3.64. The number of halogens is 1. The number of ether oxygens (including phenoxy) is 2. The van der Waals surface area contributed by atoms with Crippen LogP contribution in [0.5, 0.6) is 11.5 Å². The van der Waals surface area contributed by atoms with Crippen LogP contribution in [-0.4, -0.2) is 70.7 Å². The molecule has 2 N–H and O–H groups in total. The Hall–Kier alpha value is -3.09. The van der Waals surface area contributed by atoms with Gasteiger partial charge in [-0.15, -0.1) is 0 Å². The highest BCUT2D eigenvalue weighted by Crippen LogP contribution is 2.39.